The molecule has 12 aromatic carbocycles. The minimum Gasteiger partial charge on any atom is -0.310 e. The number of benzene rings is 12. The molecule has 3 heteroatoms. The number of fused-ring (bicyclic) bond motifs is 18. The summed E-state index contributed by atoms with van der Waals surface area (Å²) in [6, 6.07) is 105. The minimum atomic E-state index is -0.587. The highest BCUT2D eigenvalue weighted by molar-refractivity contribution is 7.26. The van der Waals surface area contributed by atoms with E-state index in [1.165, 1.54) is 126 Å². The van der Waals surface area contributed by atoms with Gasteiger partial charge in [0.25, 0.3) is 0 Å². The summed E-state index contributed by atoms with van der Waals surface area (Å²) in [7, 11) is 0. The number of rotatable bonds is 6. The molecule has 3 aliphatic rings. The van der Waals surface area contributed by atoms with Crippen molar-refractivity contribution in [1.29, 1.82) is 0 Å². The number of para-hydroxylation sites is 3. The molecule has 2 nitrogen and oxygen atoms in total. The molecule has 17 rings (SSSR count). The van der Waals surface area contributed by atoms with Crippen LogP contribution in [0.2, 0.25) is 0 Å². The number of hydrogen-bond acceptors (Lipinski definition) is 2. The lowest BCUT2D eigenvalue weighted by Gasteiger charge is -2.39. The molecule has 0 amide bonds. The summed E-state index contributed by atoms with van der Waals surface area (Å²) in [5, 5.41) is 5.18. The molecule has 1 atom stereocenters. The molecule has 3 heterocycles. The zero-order valence-corrected chi connectivity index (χ0v) is 42.7. The van der Waals surface area contributed by atoms with Gasteiger partial charge in [-0.1, -0.05) is 231 Å². The molecule has 1 aliphatic heterocycles. The number of anilines is 3. The van der Waals surface area contributed by atoms with E-state index in [2.05, 4.69) is 289 Å². The van der Waals surface area contributed by atoms with Crippen molar-refractivity contribution in [2.75, 3.05) is 4.90 Å². The van der Waals surface area contributed by atoms with Crippen LogP contribution in [0.15, 0.2) is 279 Å². The van der Waals surface area contributed by atoms with Crippen LogP contribution in [-0.2, 0) is 10.8 Å². The Kier molecular flexibility index (Phi) is 8.88. The third kappa shape index (κ3) is 5.58. The second-order valence-corrected chi connectivity index (χ2v) is 22.0. The minimum absolute atomic E-state index is 0.510. The number of nitrogens with zero attached hydrogens (tertiary/aromatic N) is 2. The van der Waals surface area contributed by atoms with E-state index in [1.54, 1.807) is 0 Å². The summed E-state index contributed by atoms with van der Waals surface area (Å²) in [5.41, 5.74) is 23.8. The van der Waals surface area contributed by atoms with Gasteiger partial charge in [-0.25, -0.2) is 0 Å². The second-order valence-electron chi connectivity index (χ2n) is 21.0. The lowest BCUT2D eigenvalue weighted by atomic mass is 9.65. The maximum Gasteiger partial charge on any atom is 0.0755 e. The molecule has 0 saturated carbocycles. The Morgan fingerprint density at radius 2 is 0.844 bits per heavy atom. The van der Waals surface area contributed by atoms with Gasteiger partial charge in [-0.3, -0.25) is 0 Å². The second kappa shape index (κ2) is 16.0. The van der Waals surface area contributed by atoms with Crippen LogP contribution in [0.4, 0.5) is 17.1 Å². The maximum atomic E-state index is 2.53. The van der Waals surface area contributed by atoms with Crippen LogP contribution in [0.3, 0.4) is 0 Å². The molecule has 2 aliphatic carbocycles. The van der Waals surface area contributed by atoms with Gasteiger partial charge in [-0.2, -0.15) is 0 Å². The van der Waals surface area contributed by atoms with Crippen LogP contribution in [0.1, 0.15) is 44.5 Å². The predicted octanol–water partition coefficient (Wildman–Crippen LogP) is 19.3. The molecule has 0 bridgehead atoms. The van der Waals surface area contributed by atoms with Gasteiger partial charge in [-0.15, -0.1) is 11.3 Å². The molecule has 14 aromatic rings. The lowest BCUT2D eigenvalue weighted by Crippen LogP contribution is -2.33. The van der Waals surface area contributed by atoms with Crippen molar-refractivity contribution in [3.05, 3.63) is 324 Å². The average Bonchev–Trinajstić information content (AvgIpc) is 4.41. The first kappa shape index (κ1) is 42.8. The standard InChI is InChI=1S/C74H46N2S/c1-2-19-48(20-3-1)73(60-29-9-4-21-53(60)54-22-5-10-30-61(54)73)49-41-45-51(46-42-49)75(50-43-39-47(40-44-50)52-26-16-28-58-56-24-8-15-38-69(56)77-72(52)58)68-37-18-33-64-70(68)59-25-6-11-31-62(59)74(64)63-32-12-14-36-67(63)76-66-35-13-7-23-55(66)57-27-17-34-65(74)71(57)76/h1-46H. The first-order valence-electron chi connectivity index (χ1n) is 26.7. The summed E-state index contributed by atoms with van der Waals surface area (Å²) in [6.07, 6.45) is 0. The van der Waals surface area contributed by atoms with Crippen LogP contribution >= 0.6 is 11.3 Å². The molecule has 1 unspecified atom stereocenters. The van der Waals surface area contributed by atoms with E-state index in [1.807, 2.05) is 11.3 Å². The van der Waals surface area contributed by atoms with Crippen molar-refractivity contribution in [2.45, 2.75) is 10.8 Å². The Bertz CT molecular complexity index is 4710. The monoisotopic (exact) mass is 994 g/mol. The molecule has 2 aromatic heterocycles. The highest BCUT2D eigenvalue weighted by Crippen LogP contribution is 2.64. The van der Waals surface area contributed by atoms with E-state index in [4.69, 9.17) is 0 Å². The molecular weight excluding hydrogens is 949 g/mol. The van der Waals surface area contributed by atoms with E-state index in [-0.39, 0.29) is 0 Å². The molecule has 1 spiro atoms. The predicted molar refractivity (Wildman–Crippen MR) is 322 cm³/mol. The zero-order chi connectivity index (χ0) is 50.4. The SMILES string of the molecule is c1ccc(C2(c3ccc(N(c4ccc(-c5cccc6c5sc5ccccc56)cc4)c4cccc5c4-c4ccccc4C54c5ccccc5-n5c6ccccc6c6cccc4c65)cc3)c3ccccc3-c3ccccc32)cc1. The Labute approximate surface area is 450 Å². The van der Waals surface area contributed by atoms with Crippen LogP contribution < -0.4 is 4.90 Å². The van der Waals surface area contributed by atoms with Crippen molar-refractivity contribution in [3.8, 4) is 39.1 Å². The summed E-state index contributed by atoms with van der Waals surface area (Å²) in [4.78, 5) is 2.53. The van der Waals surface area contributed by atoms with E-state index < -0.39 is 10.8 Å². The summed E-state index contributed by atoms with van der Waals surface area (Å²) < 4.78 is 5.17. The van der Waals surface area contributed by atoms with E-state index >= 15 is 0 Å². The average molecular weight is 995 g/mol. The van der Waals surface area contributed by atoms with Gasteiger partial charge in [0, 0.05) is 47.9 Å². The fraction of sp³-hybridized carbons (Fsp3) is 0.0270. The van der Waals surface area contributed by atoms with Gasteiger partial charge >= 0.3 is 0 Å². The van der Waals surface area contributed by atoms with Gasteiger partial charge in [0.15, 0.2) is 0 Å². The van der Waals surface area contributed by atoms with Crippen molar-refractivity contribution >= 4 is 70.4 Å². The number of thiophene rings is 1. The normalized spacial score (nSPS) is 15.2. The highest BCUT2D eigenvalue weighted by atomic mass is 32.1. The van der Waals surface area contributed by atoms with Crippen molar-refractivity contribution in [1.82, 2.24) is 4.57 Å². The van der Waals surface area contributed by atoms with Crippen molar-refractivity contribution in [2.24, 2.45) is 0 Å². The Balaban J connectivity index is 0.912. The Hall–Kier alpha value is -9.54. The van der Waals surface area contributed by atoms with Gasteiger partial charge < -0.3 is 9.47 Å². The number of hydrogen-bond donors (Lipinski definition) is 0. The molecular formula is C74H46N2S. The van der Waals surface area contributed by atoms with Gasteiger partial charge in [-0.05, 0) is 121 Å². The van der Waals surface area contributed by atoms with E-state index in [9.17, 15) is 0 Å². The van der Waals surface area contributed by atoms with Gasteiger partial charge in [0.2, 0.25) is 0 Å². The first-order valence-corrected chi connectivity index (χ1v) is 27.6. The van der Waals surface area contributed by atoms with Crippen LogP contribution in [0, 0.1) is 0 Å². The molecule has 0 saturated heterocycles. The van der Waals surface area contributed by atoms with Crippen LogP contribution in [0.5, 0.6) is 0 Å². The van der Waals surface area contributed by atoms with Gasteiger partial charge in [0.05, 0.1) is 33.2 Å². The highest BCUT2D eigenvalue weighted by Gasteiger charge is 2.52. The number of aromatic nitrogens is 1. The summed E-state index contributed by atoms with van der Waals surface area (Å²) in [5.74, 6) is 0. The van der Waals surface area contributed by atoms with Crippen LogP contribution in [-0.4, -0.2) is 4.57 Å². The smallest absolute Gasteiger partial charge is 0.0755 e. The van der Waals surface area contributed by atoms with Crippen molar-refractivity contribution < 1.29 is 0 Å². The Morgan fingerprint density at radius 1 is 0.325 bits per heavy atom. The fourth-order valence-corrected chi connectivity index (χ4v) is 15.8. The third-order valence-corrected chi connectivity index (χ3v) is 18.7. The molecule has 358 valence electrons. The molecule has 0 radical (unpaired) electrons. The van der Waals surface area contributed by atoms with Crippen LogP contribution in [0.25, 0.3) is 81.0 Å². The van der Waals surface area contributed by atoms with E-state index in [0.717, 1.165) is 17.1 Å². The van der Waals surface area contributed by atoms with Gasteiger partial charge in [0.1, 0.15) is 0 Å². The van der Waals surface area contributed by atoms with E-state index in [0.29, 0.717) is 0 Å². The molecule has 0 fully saturated rings. The fourth-order valence-electron chi connectivity index (χ4n) is 14.5. The van der Waals surface area contributed by atoms with Crippen molar-refractivity contribution in [3.63, 3.8) is 0 Å². The molecule has 77 heavy (non-hydrogen) atoms. The summed E-state index contributed by atoms with van der Waals surface area (Å²) in [6.45, 7) is 0. The Morgan fingerprint density at radius 3 is 1.61 bits per heavy atom. The molecule has 0 N–H and O–H groups in total. The summed E-state index contributed by atoms with van der Waals surface area (Å²) >= 11 is 1.88. The topological polar surface area (TPSA) is 8.17 Å². The maximum absolute atomic E-state index is 2.53. The quantitative estimate of drug-likeness (QED) is 0.161. The first-order chi connectivity index (χ1) is 38.2. The third-order valence-electron chi connectivity index (χ3n) is 17.5. The lowest BCUT2D eigenvalue weighted by molar-refractivity contribution is 0.748. The zero-order valence-electron chi connectivity index (χ0n) is 41.9. The largest absolute Gasteiger partial charge is 0.310 e.